The molecule has 23 heavy (non-hydrogen) atoms. The van der Waals surface area contributed by atoms with E-state index in [4.69, 9.17) is 9.47 Å². The molecule has 0 unspecified atom stereocenters. The van der Waals surface area contributed by atoms with Gasteiger partial charge < -0.3 is 14.6 Å². The van der Waals surface area contributed by atoms with Crippen molar-refractivity contribution in [3.05, 3.63) is 47.7 Å². The molecule has 0 fully saturated rings. The summed E-state index contributed by atoms with van der Waals surface area (Å²) in [5.74, 6) is 1.80. The molecule has 0 saturated carbocycles. The predicted molar refractivity (Wildman–Crippen MR) is 91.4 cm³/mol. The largest absolute Gasteiger partial charge is 0.507 e. The van der Waals surface area contributed by atoms with E-state index in [1.54, 1.807) is 20.4 Å². The topological polar surface area (TPSA) is 51.6 Å². The van der Waals surface area contributed by atoms with Gasteiger partial charge in [-0.15, -0.1) is 0 Å². The Morgan fingerprint density at radius 3 is 2.22 bits per heavy atom. The lowest BCUT2D eigenvalue weighted by atomic mass is 10.0. The number of nitrogens with zero attached hydrogens (tertiary/aromatic N) is 1. The maximum atomic E-state index is 9.93. The summed E-state index contributed by atoms with van der Waals surface area (Å²) in [4.78, 5) is 4.55. The Morgan fingerprint density at radius 2 is 1.61 bits per heavy atom. The number of benzene rings is 2. The lowest BCUT2D eigenvalue weighted by Gasteiger charge is -2.11. The lowest BCUT2D eigenvalue weighted by molar-refractivity contribution is 0.398. The first kappa shape index (κ1) is 15.2. The third-order valence-electron chi connectivity index (χ3n) is 4.01. The van der Waals surface area contributed by atoms with Crippen molar-refractivity contribution in [2.24, 2.45) is 0 Å². The number of pyridine rings is 1. The first-order chi connectivity index (χ1) is 11.0. The third-order valence-corrected chi connectivity index (χ3v) is 4.01. The van der Waals surface area contributed by atoms with Gasteiger partial charge in [-0.05, 0) is 54.6 Å². The van der Waals surface area contributed by atoms with Crippen LogP contribution in [0.25, 0.3) is 22.0 Å². The van der Waals surface area contributed by atoms with Gasteiger partial charge in [0, 0.05) is 23.2 Å². The fourth-order valence-corrected chi connectivity index (χ4v) is 2.75. The first-order valence-electron chi connectivity index (χ1n) is 7.36. The van der Waals surface area contributed by atoms with Crippen molar-refractivity contribution in [2.45, 2.75) is 13.8 Å². The number of fused-ring (bicyclic) bond motifs is 1. The van der Waals surface area contributed by atoms with E-state index in [0.29, 0.717) is 5.75 Å². The zero-order chi connectivity index (χ0) is 16.6. The number of rotatable bonds is 3. The zero-order valence-electron chi connectivity index (χ0n) is 13.7. The number of hydrogen-bond donors (Lipinski definition) is 1. The summed E-state index contributed by atoms with van der Waals surface area (Å²) in [5.41, 5.74) is 3.50. The monoisotopic (exact) mass is 309 g/mol. The molecule has 0 saturated heterocycles. The molecule has 0 spiro atoms. The standard InChI is InChI=1S/C19H19NO3/c1-11-5-14(6-12(2)19(11)21)17-8-13-7-15(22-3)9-18(23-4)16(13)10-20-17/h5-10,21H,1-4H3. The van der Waals surface area contributed by atoms with Crippen molar-refractivity contribution in [3.63, 3.8) is 0 Å². The van der Waals surface area contributed by atoms with Crippen LogP contribution in [-0.2, 0) is 0 Å². The van der Waals surface area contributed by atoms with Gasteiger partial charge in [-0.25, -0.2) is 0 Å². The Bertz CT molecular complexity index is 864. The van der Waals surface area contributed by atoms with Crippen LogP contribution < -0.4 is 9.47 Å². The van der Waals surface area contributed by atoms with Crippen molar-refractivity contribution in [2.75, 3.05) is 14.2 Å². The van der Waals surface area contributed by atoms with Crippen molar-refractivity contribution < 1.29 is 14.6 Å². The van der Waals surface area contributed by atoms with Crippen LogP contribution in [0.15, 0.2) is 36.5 Å². The number of aromatic hydroxyl groups is 1. The van der Waals surface area contributed by atoms with E-state index in [2.05, 4.69) is 4.98 Å². The van der Waals surface area contributed by atoms with Crippen LogP contribution in [0.4, 0.5) is 0 Å². The molecule has 118 valence electrons. The van der Waals surface area contributed by atoms with Gasteiger partial charge in [0.2, 0.25) is 0 Å². The second-order valence-corrected chi connectivity index (χ2v) is 5.58. The summed E-state index contributed by atoms with van der Waals surface area (Å²) in [6.07, 6.45) is 1.81. The number of phenols is 1. The second-order valence-electron chi connectivity index (χ2n) is 5.58. The molecular weight excluding hydrogens is 290 g/mol. The molecule has 0 amide bonds. The molecule has 0 radical (unpaired) electrons. The average Bonchev–Trinajstić information content (AvgIpc) is 2.57. The van der Waals surface area contributed by atoms with Gasteiger partial charge in [-0.2, -0.15) is 0 Å². The molecule has 3 aromatic rings. The summed E-state index contributed by atoms with van der Waals surface area (Å²) in [6.45, 7) is 3.78. The molecule has 3 rings (SSSR count). The summed E-state index contributed by atoms with van der Waals surface area (Å²) < 4.78 is 10.7. The number of aromatic nitrogens is 1. The van der Waals surface area contributed by atoms with E-state index in [1.807, 2.05) is 44.2 Å². The first-order valence-corrected chi connectivity index (χ1v) is 7.36. The molecule has 0 aliphatic rings. The van der Waals surface area contributed by atoms with Gasteiger partial charge in [-0.3, -0.25) is 4.98 Å². The van der Waals surface area contributed by atoms with Crippen LogP contribution in [-0.4, -0.2) is 24.3 Å². The number of methoxy groups -OCH3 is 2. The van der Waals surface area contributed by atoms with Crippen molar-refractivity contribution in [1.29, 1.82) is 0 Å². The zero-order valence-corrected chi connectivity index (χ0v) is 13.7. The minimum absolute atomic E-state index is 0.331. The van der Waals surface area contributed by atoms with E-state index >= 15 is 0 Å². The number of hydrogen-bond acceptors (Lipinski definition) is 4. The molecule has 0 aliphatic heterocycles. The van der Waals surface area contributed by atoms with E-state index < -0.39 is 0 Å². The highest BCUT2D eigenvalue weighted by atomic mass is 16.5. The van der Waals surface area contributed by atoms with Crippen LogP contribution in [0.3, 0.4) is 0 Å². The molecule has 0 bridgehead atoms. The molecular formula is C19H19NO3. The van der Waals surface area contributed by atoms with Gasteiger partial charge in [0.15, 0.2) is 0 Å². The van der Waals surface area contributed by atoms with Gasteiger partial charge in [-0.1, -0.05) is 0 Å². The van der Waals surface area contributed by atoms with Gasteiger partial charge in [0.25, 0.3) is 0 Å². The van der Waals surface area contributed by atoms with Crippen molar-refractivity contribution in [1.82, 2.24) is 4.98 Å². The lowest BCUT2D eigenvalue weighted by Crippen LogP contribution is -1.92. The minimum Gasteiger partial charge on any atom is -0.507 e. The smallest absolute Gasteiger partial charge is 0.131 e. The fourth-order valence-electron chi connectivity index (χ4n) is 2.75. The molecule has 1 heterocycles. The Balaban J connectivity index is 2.20. The summed E-state index contributed by atoms with van der Waals surface area (Å²) in [6, 6.07) is 9.69. The average molecular weight is 309 g/mol. The fraction of sp³-hybridized carbons (Fsp3) is 0.211. The number of ether oxygens (including phenoxy) is 2. The van der Waals surface area contributed by atoms with E-state index in [1.165, 1.54) is 0 Å². The quantitative estimate of drug-likeness (QED) is 0.786. The van der Waals surface area contributed by atoms with E-state index in [0.717, 1.165) is 44.7 Å². The van der Waals surface area contributed by atoms with Gasteiger partial charge in [0.1, 0.15) is 17.2 Å². The highest BCUT2D eigenvalue weighted by Gasteiger charge is 2.10. The Kier molecular flexibility index (Phi) is 3.82. The van der Waals surface area contributed by atoms with E-state index in [9.17, 15) is 5.11 Å². The molecule has 4 heteroatoms. The van der Waals surface area contributed by atoms with Crippen molar-refractivity contribution in [3.8, 4) is 28.5 Å². The van der Waals surface area contributed by atoms with Crippen molar-refractivity contribution >= 4 is 10.8 Å². The third kappa shape index (κ3) is 2.68. The van der Waals surface area contributed by atoms with Crippen LogP contribution in [0, 0.1) is 13.8 Å². The Hall–Kier alpha value is -2.75. The van der Waals surface area contributed by atoms with Gasteiger partial charge in [0.05, 0.1) is 19.9 Å². The van der Waals surface area contributed by atoms with E-state index in [-0.39, 0.29) is 0 Å². The summed E-state index contributed by atoms with van der Waals surface area (Å²) in [7, 11) is 3.27. The maximum Gasteiger partial charge on any atom is 0.131 e. The molecule has 0 aliphatic carbocycles. The summed E-state index contributed by atoms with van der Waals surface area (Å²) >= 11 is 0. The molecule has 4 nitrogen and oxygen atoms in total. The van der Waals surface area contributed by atoms with Gasteiger partial charge >= 0.3 is 0 Å². The minimum atomic E-state index is 0.331. The Morgan fingerprint density at radius 1 is 0.913 bits per heavy atom. The molecule has 1 N–H and O–H groups in total. The molecule has 2 aromatic carbocycles. The summed E-state index contributed by atoms with van der Waals surface area (Å²) in [5, 5.41) is 11.9. The SMILES string of the molecule is COc1cc(OC)c2cnc(-c3cc(C)c(O)c(C)c3)cc2c1. The van der Waals surface area contributed by atoms with Crippen LogP contribution in [0.5, 0.6) is 17.2 Å². The van der Waals surface area contributed by atoms with Crippen LogP contribution in [0.1, 0.15) is 11.1 Å². The molecule has 0 atom stereocenters. The highest BCUT2D eigenvalue weighted by Crippen LogP contribution is 2.34. The highest BCUT2D eigenvalue weighted by molar-refractivity contribution is 5.91. The Labute approximate surface area is 135 Å². The van der Waals surface area contributed by atoms with Crippen LogP contribution in [0.2, 0.25) is 0 Å². The van der Waals surface area contributed by atoms with Crippen LogP contribution >= 0.6 is 0 Å². The number of aryl methyl sites for hydroxylation is 2. The maximum absolute atomic E-state index is 9.93. The second kappa shape index (κ2) is 5.80. The number of phenolic OH excluding ortho intramolecular Hbond substituents is 1. The molecule has 1 aromatic heterocycles. The normalized spacial score (nSPS) is 10.8. The predicted octanol–water partition coefficient (Wildman–Crippen LogP) is 4.24.